The lowest BCUT2D eigenvalue weighted by Gasteiger charge is -2.29. The highest BCUT2D eigenvalue weighted by atomic mass is 15.2. The summed E-state index contributed by atoms with van der Waals surface area (Å²) in [4.78, 5) is 2.45. The summed E-state index contributed by atoms with van der Waals surface area (Å²) in [5, 5.41) is 3.35. The standard InChI is InChI=1S/C11H20N4/c12-11(13)3-1-10(2-4-11)9-15-7-5-14-6-8-15/h1-3,14H,4-9,12-13H2. The van der Waals surface area contributed by atoms with Crippen molar-refractivity contribution in [3.05, 3.63) is 23.8 Å². The number of hydrogen-bond acceptors (Lipinski definition) is 4. The van der Waals surface area contributed by atoms with E-state index in [2.05, 4.69) is 22.4 Å². The van der Waals surface area contributed by atoms with Gasteiger partial charge in [-0.2, -0.15) is 0 Å². The summed E-state index contributed by atoms with van der Waals surface area (Å²) < 4.78 is 0. The van der Waals surface area contributed by atoms with Crippen LogP contribution >= 0.6 is 0 Å². The first kappa shape index (κ1) is 10.8. The molecule has 4 nitrogen and oxygen atoms in total. The molecule has 15 heavy (non-hydrogen) atoms. The van der Waals surface area contributed by atoms with Crippen LogP contribution < -0.4 is 16.8 Å². The second-order valence-electron chi connectivity index (χ2n) is 4.46. The first-order chi connectivity index (χ1) is 7.16. The largest absolute Gasteiger partial charge is 0.314 e. The Labute approximate surface area is 91.0 Å². The van der Waals surface area contributed by atoms with Gasteiger partial charge in [0.25, 0.3) is 0 Å². The van der Waals surface area contributed by atoms with Crippen molar-refractivity contribution in [1.82, 2.24) is 10.2 Å². The molecule has 1 heterocycles. The van der Waals surface area contributed by atoms with E-state index in [0.717, 1.165) is 39.1 Å². The van der Waals surface area contributed by atoms with Crippen LogP contribution in [0.4, 0.5) is 0 Å². The molecule has 0 atom stereocenters. The summed E-state index contributed by atoms with van der Waals surface area (Å²) in [6.07, 6.45) is 6.86. The molecule has 0 radical (unpaired) electrons. The molecule has 1 fully saturated rings. The summed E-state index contributed by atoms with van der Waals surface area (Å²) in [7, 11) is 0. The number of nitrogens with zero attached hydrogens (tertiary/aromatic N) is 1. The molecule has 1 saturated heterocycles. The van der Waals surface area contributed by atoms with Crippen LogP contribution in [0.1, 0.15) is 6.42 Å². The third-order valence-corrected chi connectivity index (χ3v) is 2.94. The molecule has 0 aromatic carbocycles. The van der Waals surface area contributed by atoms with E-state index < -0.39 is 5.66 Å². The maximum absolute atomic E-state index is 5.80. The molecular weight excluding hydrogens is 188 g/mol. The minimum atomic E-state index is -0.632. The van der Waals surface area contributed by atoms with Crippen LogP contribution in [0.3, 0.4) is 0 Å². The van der Waals surface area contributed by atoms with Crippen molar-refractivity contribution >= 4 is 0 Å². The van der Waals surface area contributed by atoms with E-state index in [9.17, 15) is 0 Å². The van der Waals surface area contributed by atoms with Gasteiger partial charge >= 0.3 is 0 Å². The van der Waals surface area contributed by atoms with Gasteiger partial charge in [0.05, 0.1) is 5.66 Å². The molecule has 0 bridgehead atoms. The van der Waals surface area contributed by atoms with Crippen LogP contribution in [0.15, 0.2) is 23.8 Å². The fourth-order valence-corrected chi connectivity index (χ4v) is 1.95. The number of hydrogen-bond donors (Lipinski definition) is 3. The van der Waals surface area contributed by atoms with Crippen molar-refractivity contribution in [2.75, 3.05) is 32.7 Å². The first-order valence-electron chi connectivity index (χ1n) is 5.55. The summed E-state index contributed by atoms with van der Waals surface area (Å²) in [5.74, 6) is 0. The van der Waals surface area contributed by atoms with Crippen molar-refractivity contribution in [3.63, 3.8) is 0 Å². The molecule has 0 aromatic rings. The van der Waals surface area contributed by atoms with Crippen molar-refractivity contribution in [2.45, 2.75) is 12.1 Å². The Balaban J connectivity index is 1.85. The zero-order chi connectivity index (χ0) is 10.7. The lowest BCUT2D eigenvalue weighted by molar-refractivity contribution is 0.260. The fourth-order valence-electron chi connectivity index (χ4n) is 1.95. The minimum absolute atomic E-state index is 0.632. The van der Waals surface area contributed by atoms with E-state index in [-0.39, 0.29) is 0 Å². The maximum Gasteiger partial charge on any atom is 0.0867 e. The summed E-state index contributed by atoms with van der Waals surface area (Å²) >= 11 is 0. The normalized spacial score (nSPS) is 26.4. The van der Waals surface area contributed by atoms with Crippen LogP contribution in [0.5, 0.6) is 0 Å². The summed E-state index contributed by atoms with van der Waals surface area (Å²) in [6, 6.07) is 0. The van der Waals surface area contributed by atoms with E-state index >= 15 is 0 Å². The quantitative estimate of drug-likeness (QED) is 0.530. The average molecular weight is 208 g/mol. The van der Waals surface area contributed by atoms with Gasteiger partial charge in [0.2, 0.25) is 0 Å². The molecule has 1 aliphatic heterocycles. The van der Waals surface area contributed by atoms with Crippen LogP contribution in [0.25, 0.3) is 0 Å². The molecule has 2 rings (SSSR count). The zero-order valence-electron chi connectivity index (χ0n) is 9.08. The van der Waals surface area contributed by atoms with Gasteiger partial charge in [-0.1, -0.05) is 12.2 Å². The van der Waals surface area contributed by atoms with Crippen molar-refractivity contribution in [1.29, 1.82) is 0 Å². The first-order valence-corrected chi connectivity index (χ1v) is 5.55. The van der Waals surface area contributed by atoms with Crippen molar-refractivity contribution in [2.24, 2.45) is 11.5 Å². The summed E-state index contributed by atoms with van der Waals surface area (Å²) in [6.45, 7) is 5.46. The Kier molecular flexibility index (Phi) is 3.21. The molecule has 2 aliphatic rings. The number of nitrogens with one attached hydrogen (secondary N) is 1. The van der Waals surface area contributed by atoms with Gasteiger partial charge < -0.3 is 16.8 Å². The minimum Gasteiger partial charge on any atom is -0.314 e. The molecule has 0 aromatic heterocycles. The lowest BCUT2D eigenvalue weighted by Crippen LogP contribution is -2.48. The van der Waals surface area contributed by atoms with Crippen LogP contribution in [0.2, 0.25) is 0 Å². The van der Waals surface area contributed by atoms with Gasteiger partial charge in [0.15, 0.2) is 0 Å². The van der Waals surface area contributed by atoms with Gasteiger partial charge in [-0.25, -0.2) is 0 Å². The van der Waals surface area contributed by atoms with E-state index in [1.165, 1.54) is 5.57 Å². The van der Waals surface area contributed by atoms with Crippen LogP contribution in [-0.2, 0) is 0 Å². The van der Waals surface area contributed by atoms with Crippen molar-refractivity contribution < 1.29 is 0 Å². The predicted octanol–water partition coefficient (Wildman–Crippen LogP) is -0.608. The van der Waals surface area contributed by atoms with Crippen molar-refractivity contribution in [3.8, 4) is 0 Å². The number of piperazine rings is 1. The van der Waals surface area contributed by atoms with Crippen LogP contribution in [0, 0.1) is 0 Å². The second kappa shape index (κ2) is 4.45. The maximum atomic E-state index is 5.80. The Bertz CT molecular complexity index is 274. The lowest BCUT2D eigenvalue weighted by atomic mass is 9.98. The highest BCUT2D eigenvalue weighted by molar-refractivity contribution is 5.29. The molecule has 1 aliphatic carbocycles. The predicted molar refractivity (Wildman–Crippen MR) is 62.3 cm³/mol. The monoisotopic (exact) mass is 208 g/mol. The summed E-state index contributed by atoms with van der Waals surface area (Å²) in [5.41, 5.74) is 12.3. The highest BCUT2D eigenvalue weighted by Crippen LogP contribution is 2.15. The molecule has 0 saturated carbocycles. The van der Waals surface area contributed by atoms with Gasteiger partial charge in [-0.05, 0) is 11.6 Å². The Morgan fingerprint density at radius 2 is 2.07 bits per heavy atom. The SMILES string of the molecule is NC1(N)C=CC(CN2CCNCC2)=CC1. The Hall–Kier alpha value is -0.680. The highest BCUT2D eigenvalue weighted by Gasteiger charge is 2.18. The third-order valence-electron chi connectivity index (χ3n) is 2.94. The van der Waals surface area contributed by atoms with E-state index in [1.54, 1.807) is 0 Å². The average Bonchev–Trinajstić information content (AvgIpc) is 2.23. The van der Waals surface area contributed by atoms with Gasteiger partial charge in [0.1, 0.15) is 0 Å². The van der Waals surface area contributed by atoms with Gasteiger partial charge in [0, 0.05) is 39.1 Å². The fraction of sp³-hybridized carbons (Fsp3) is 0.636. The van der Waals surface area contributed by atoms with E-state index in [0.29, 0.717) is 0 Å². The topological polar surface area (TPSA) is 67.3 Å². The third kappa shape index (κ3) is 3.14. The Morgan fingerprint density at radius 3 is 2.67 bits per heavy atom. The second-order valence-corrected chi connectivity index (χ2v) is 4.46. The number of rotatable bonds is 2. The molecule has 5 N–H and O–H groups in total. The molecule has 84 valence electrons. The number of nitrogens with two attached hydrogens (primary N) is 2. The molecular formula is C11H20N4. The van der Waals surface area contributed by atoms with Gasteiger partial charge in [-0.3, -0.25) is 4.90 Å². The molecule has 0 amide bonds. The van der Waals surface area contributed by atoms with E-state index in [1.807, 2.05) is 6.08 Å². The molecule has 0 unspecified atom stereocenters. The molecule has 0 spiro atoms. The Morgan fingerprint density at radius 1 is 1.33 bits per heavy atom. The smallest absolute Gasteiger partial charge is 0.0867 e. The molecule has 4 heteroatoms. The zero-order valence-corrected chi connectivity index (χ0v) is 9.08. The van der Waals surface area contributed by atoms with Gasteiger partial charge in [-0.15, -0.1) is 0 Å². The van der Waals surface area contributed by atoms with E-state index in [4.69, 9.17) is 11.5 Å². The van der Waals surface area contributed by atoms with Crippen LogP contribution in [-0.4, -0.2) is 43.3 Å².